The molecule has 0 aliphatic carbocycles. The van der Waals surface area contributed by atoms with Crippen LogP contribution in [0, 0.1) is 29.1 Å². The van der Waals surface area contributed by atoms with Gasteiger partial charge in [0.1, 0.15) is 0 Å². The van der Waals surface area contributed by atoms with E-state index in [0.717, 1.165) is 0 Å². The Morgan fingerprint density at radius 1 is 0.857 bits per heavy atom. The van der Waals surface area contributed by atoms with Crippen molar-refractivity contribution in [2.75, 3.05) is 19.8 Å². The number of esters is 1. The largest absolute Gasteiger partial charge is 0.420 e. The lowest BCUT2D eigenvalue weighted by Crippen LogP contribution is -2.35. The summed E-state index contributed by atoms with van der Waals surface area (Å²) in [6.45, 7) is 4.34. The maximum absolute atomic E-state index is 13.4. The zero-order valence-electron chi connectivity index (χ0n) is 15.3. The van der Waals surface area contributed by atoms with Gasteiger partial charge in [-0.05, 0) is 20.3 Å². The van der Waals surface area contributed by atoms with Crippen LogP contribution in [0.5, 0.6) is 5.75 Å². The third kappa shape index (κ3) is 6.71. The number of carbonyl (C=O) groups is 2. The summed E-state index contributed by atoms with van der Waals surface area (Å²) in [6, 6.07) is 0. The van der Waals surface area contributed by atoms with Crippen molar-refractivity contribution >= 4 is 11.9 Å². The van der Waals surface area contributed by atoms with E-state index in [2.05, 4.69) is 10.1 Å². The number of carbonyl (C=O) groups excluding carboxylic acids is 2. The monoisotopic (exact) mass is 413 g/mol. The van der Waals surface area contributed by atoms with Crippen LogP contribution >= 0.6 is 0 Å². The second-order valence-electron chi connectivity index (χ2n) is 5.37. The first-order valence-corrected chi connectivity index (χ1v) is 8.44. The molecule has 1 amide bonds. The molecule has 0 heterocycles. The van der Waals surface area contributed by atoms with E-state index >= 15 is 0 Å². The van der Waals surface area contributed by atoms with Crippen LogP contribution in [0.1, 0.15) is 33.1 Å². The van der Waals surface area contributed by atoms with Crippen LogP contribution in [0.15, 0.2) is 0 Å². The molecule has 0 aliphatic heterocycles. The van der Waals surface area contributed by atoms with Crippen molar-refractivity contribution in [3.8, 4) is 5.75 Å². The van der Waals surface area contributed by atoms with E-state index in [-0.39, 0.29) is 19.4 Å². The van der Waals surface area contributed by atoms with Gasteiger partial charge in [0.2, 0.25) is 40.7 Å². The summed E-state index contributed by atoms with van der Waals surface area (Å²) in [5.41, 5.74) is 0. The maximum Gasteiger partial charge on any atom is 0.311 e. The quantitative estimate of drug-likeness (QED) is 0.151. The van der Waals surface area contributed by atoms with Crippen molar-refractivity contribution in [3.63, 3.8) is 0 Å². The van der Waals surface area contributed by atoms with Crippen LogP contribution in [0.25, 0.3) is 0 Å². The van der Waals surface area contributed by atoms with Crippen LogP contribution in [-0.4, -0.2) is 37.9 Å². The van der Waals surface area contributed by atoms with E-state index in [9.17, 15) is 31.5 Å². The summed E-state index contributed by atoms with van der Waals surface area (Å²) in [6.07, 6.45) is -1.32. The molecule has 28 heavy (non-hydrogen) atoms. The predicted molar refractivity (Wildman–Crippen MR) is 85.8 cm³/mol. The number of benzene rings is 1. The number of hydrogen-bond acceptors (Lipinski definition) is 5. The highest BCUT2D eigenvalue weighted by molar-refractivity contribution is 5.77. The topological polar surface area (TPSA) is 73.9 Å². The van der Waals surface area contributed by atoms with Gasteiger partial charge in [-0.1, -0.05) is 0 Å². The van der Waals surface area contributed by atoms with Crippen LogP contribution in [0.3, 0.4) is 0 Å². The van der Waals surface area contributed by atoms with Gasteiger partial charge < -0.3 is 19.5 Å². The minimum Gasteiger partial charge on any atom is -0.420 e. The first kappa shape index (κ1) is 23.8. The smallest absolute Gasteiger partial charge is 0.311 e. The van der Waals surface area contributed by atoms with E-state index in [1.165, 1.54) is 0 Å². The number of hydrogen-bond donors (Lipinski definition) is 1. The number of nitrogens with one attached hydrogen (secondary N) is 1. The number of ether oxygens (including phenoxy) is 3. The molecular formula is C17H20F5NO5. The van der Waals surface area contributed by atoms with Crippen molar-refractivity contribution in [3.05, 3.63) is 29.1 Å². The lowest BCUT2D eigenvalue weighted by molar-refractivity contribution is -0.140. The molecule has 158 valence electrons. The second-order valence-corrected chi connectivity index (χ2v) is 5.37. The summed E-state index contributed by atoms with van der Waals surface area (Å²) in [4.78, 5) is 23.3. The normalized spacial score (nSPS) is 11.0. The molecule has 6 nitrogen and oxygen atoms in total. The fourth-order valence-electron chi connectivity index (χ4n) is 2.06. The number of amides is 1. The molecule has 1 N–H and O–H groups in total. The molecule has 0 saturated heterocycles. The SMILES string of the molecule is CCOC(CNC(=O)CCCC(=O)Oc1c(F)c(F)c(F)c(F)c1F)OCC. The van der Waals surface area contributed by atoms with Crippen molar-refractivity contribution < 1.29 is 45.8 Å². The van der Waals surface area contributed by atoms with E-state index in [0.29, 0.717) is 13.2 Å². The first-order valence-electron chi connectivity index (χ1n) is 8.44. The minimum atomic E-state index is -2.36. The van der Waals surface area contributed by atoms with Gasteiger partial charge in [-0.2, -0.15) is 8.78 Å². The molecule has 0 atom stereocenters. The van der Waals surface area contributed by atoms with Crippen molar-refractivity contribution in [2.45, 2.75) is 39.4 Å². The highest BCUT2D eigenvalue weighted by atomic mass is 19.2. The van der Waals surface area contributed by atoms with Crippen LogP contribution in [0.2, 0.25) is 0 Å². The highest BCUT2D eigenvalue weighted by Gasteiger charge is 2.28. The molecule has 1 aromatic carbocycles. The summed E-state index contributed by atoms with van der Waals surface area (Å²) in [5, 5.41) is 2.51. The Labute approximate surface area is 157 Å². The Balaban J connectivity index is 2.49. The first-order chi connectivity index (χ1) is 13.2. The standard InChI is InChI=1S/C17H20F5NO5/c1-3-26-11(27-4-2)8-23-9(24)6-5-7-10(25)28-17-15(21)13(19)12(18)14(20)16(17)22/h11H,3-8H2,1-2H3,(H,23,24). The van der Waals surface area contributed by atoms with E-state index in [1.807, 2.05) is 0 Å². The summed E-state index contributed by atoms with van der Waals surface area (Å²) >= 11 is 0. The molecule has 0 fully saturated rings. The van der Waals surface area contributed by atoms with Gasteiger partial charge in [0, 0.05) is 26.1 Å². The van der Waals surface area contributed by atoms with Gasteiger partial charge in [0.25, 0.3) is 0 Å². The predicted octanol–water partition coefficient (Wildman–Crippen LogP) is 2.97. The van der Waals surface area contributed by atoms with Gasteiger partial charge in [-0.25, -0.2) is 13.2 Å². The third-order valence-corrected chi connectivity index (χ3v) is 3.34. The number of rotatable bonds is 11. The highest BCUT2D eigenvalue weighted by Crippen LogP contribution is 2.29. The van der Waals surface area contributed by atoms with Gasteiger partial charge >= 0.3 is 5.97 Å². The molecule has 0 spiro atoms. The molecule has 1 rings (SSSR count). The lowest BCUT2D eigenvalue weighted by Gasteiger charge is -2.17. The summed E-state index contributed by atoms with van der Waals surface area (Å²) < 4.78 is 80.5. The Bertz CT molecular complexity index is 666. The number of halogens is 5. The molecule has 0 aliphatic rings. The van der Waals surface area contributed by atoms with Crippen LogP contribution in [-0.2, 0) is 19.1 Å². The van der Waals surface area contributed by atoms with Gasteiger partial charge in [-0.3, -0.25) is 9.59 Å². The molecule has 0 bridgehead atoms. The van der Waals surface area contributed by atoms with Crippen molar-refractivity contribution in [1.82, 2.24) is 5.32 Å². The molecule has 11 heteroatoms. The van der Waals surface area contributed by atoms with Gasteiger partial charge in [0.05, 0.1) is 6.54 Å². The summed E-state index contributed by atoms with van der Waals surface area (Å²) in [7, 11) is 0. The average Bonchev–Trinajstić information content (AvgIpc) is 2.66. The van der Waals surface area contributed by atoms with E-state index in [1.54, 1.807) is 13.8 Å². The third-order valence-electron chi connectivity index (χ3n) is 3.34. The molecule has 0 aromatic heterocycles. The Morgan fingerprint density at radius 2 is 1.36 bits per heavy atom. The molecule has 0 saturated carbocycles. The van der Waals surface area contributed by atoms with E-state index in [4.69, 9.17) is 9.47 Å². The molecule has 1 aromatic rings. The Hall–Kier alpha value is -2.27. The van der Waals surface area contributed by atoms with Crippen LogP contribution in [0.4, 0.5) is 22.0 Å². The minimum absolute atomic E-state index is 0.0754. The zero-order chi connectivity index (χ0) is 21.3. The Kier molecular flexibility index (Phi) is 9.80. The van der Waals surface area contributed by atoms with Gasteiger partial charge in [-0.15, -0.1) is 0 Å². The maximum atomic E-state index is 13.4. The van der Waals surface area contributed by atoms with Gasteiger partial charge in [0.15, 0.2) is 6.29 Å². The lowest BCUT2D eigenvalue weighted by atomic mass is 10.2. The van der Waals surface area contributed by atoms with Crippen molar-refractivity contribution in [1.29, 1.82) is 0 Å². The van der Waals surface area contributed by atoms with Crippen LogP contribution < -0.4 is 10.1 Å². The average molecular weight is 413 g/mol. The fraction of sp³-hybridized carbons (Fsp3) is 0.529. The zero-order valence-corrected chi connectivity index (χ0v) is 15.3. The second kappa shape index (κ2) is 11.5. The Morgan fingerprint density at radius 3 is 1.86 bits per heavy atom. The van der Waals surface area contributed by atoms with Crippen molar-refractivity contribution in [2.24, 2.45) is 0 Å². The molecule has 0 radical (unpaired) electrons. The molecular weight excluding hydrogens is 393 g/mol. The van der Waals surface area contributed by atoms with E-state index < -0.39 is 59.4 Å². The fourth-order valence-corrected chi connectivity index (χ4v) is 2.06. The summed E-state index contributed by atoms with van der Waals surface area (Å²) in [5.74, 6) is -14.7. The molecule has 0 unspecified atom stereocenters.